The van der Waals surface area contributed by atoms with Gasteiger partial charge in [-0.1, -0.05) is 29.8 Å². The zero-order chi connectivity index (χ0) is 15.4. The van der Waals surface area contributed by atoms with E-state index in [0.29, 0.717) is 11.8 Å². The van der Waals surface area contributed by atoms with Crippen molar-refractivity contribution >= 4 is 39.1 Å². The fraction of sp³-hybridized carbons (Fsp3) is 0.438. The molecule has 0 radical (unpaired) electrons. The number of nitrogens with zero attached hydrogens (tertiary/aromatic N) is 2. The number of aryl methyl sites for hydroxylation is 2. The minimum absolute atomic E-state index is 0.337. The molecule has 0 fully saturated rings. The largest absolute Gasteiger partial charge is 0.268 e. The molecule has 1 aromatic carbocycles. The number of hydrogen-bond acceptors (Lipinski definition) is 1. The first kappa shape index (κ1) is 16.9. The summed E-state index contributed by atoms with van der Waals surface area (Å²) >= 11 is 16.1. The summed E-state index contributed by atoms with van der Waals surface area (Å²) in [5.41, 5.74) is 3.39. The molecule has 1 atom stereocenters. The van der Waals surface area contributed by atoms with Crippen LogP contribution in [0.25, 0.3) is 0 Å². The van der Waals surface area contributed by atoms with Crippen molar-refractivity contribution in [2.75, 3.05) is 5.88 Å². The van der Waals surface area contributed by atoms with Crippen LogP contribution in [-0.4, -0.2) is 15.7 Å². The molecule has 1 unspecified atom stereocenters. The molecule has 1 heterocycles. The number of aromatic nitrogens is 2. The van der Waals surface area contributed by atoms with Gasteiger partial charge in [0, 0.05) is 17.4 Å². The van der Waals surface area contributed by atoms with Gasteiger partial charge < -0.3 is 0 Å². The highest BCUT2D eigenvalue weighted by molar-refractivity contribution is 9.10. The molecule has 0 aliphatic rings. The number of rotatable bonds is 6. The maximum absolute atomic E-state index is 6.25. The molecule has 0 N–H and O–H groups in total. The van der Waals surface area contributed by atoms with Gasteiger partial charge in [-0.2, -0.15) is 5.10 Å². The van der Waals surface area contributed by atoms with E-state index in [2.05, 4.69) is 34.0 Å². The third-order valence-electron chi connectivity index (χ3n) is 3.62. The van der Waals surface area contributed by atoms with Crippen LogP contribution in [0.4, 0.5) is 0 Å². The van der Waals surface area contributed by atoms with Gasteiger partial charge in [0.1, 0.15) is 0 Å². The summed E-state index contributed by atoms with van der Waals surface area (Å²) in [5.74, 6) is 0.940. The van der Waals surface area contributed by atoms with Gasteiger partial charge in [0.15, 0.2) is 0 Å². The molecule has 0 saturated carbocycles. The first-order chi connectivity index (χ1) is 10.1. The highest BCUT2D eigenvalue weighted by atomic mass is 79.9. The molecule has 0 aliphatic heterocycles. The summed E-state index contributed by atoms with van der Waals surface area (Å²) in [6, 6.07) is 7.97. The molecule has 5 heteroatoms. The standard InChI is InChI=1S/C16H19BrCl2N2/c1-3-21-15(16(17)11(2)20-21)9-12(10-18)8-13-6-4-5-7-14(13)19/h4-7,12H,3,8-10H2,1-2H3. The maximum atomic E-state index is 6.25. The molecule has 0 aliphatic carbocycles. The quantitative estimate of drug-likeness (QED) is 0.615. The van der Waals surface area contributed by atoms with Gasteiger partial charge in [0.05, 0.1) is 15.9 Å². The first-order valence-corrected chi connectivity index (χ1v) is 8.78. The third-order valence-corrected chi connectivity index (χ3v) is 5.46. The van der Waals surface area contributed by atoms with Gasteiger partial charge in [-0.15, -0.1) is 11.6 Å². The van der Waals surface area contributed by atoms with E-state index in [1.54, 1.807) is 0 Å². The van der Waals surface area contributed by atoms with Gasteiger partial charge in [0.25, 0.3) is 0 Å². The minimum atomic E-state index is 0.337. The molecule has 0 bridgehead atoms. The average Bonchev–Trinajstić information content (AvgIpc) is 2.76. The molecular formula is C16H19BrCl2N2. The second-order valence-corrected chi connectivity index (χ2v) is 6.69. The van der Waals surface area contributed by atoms with Crippen molar-refractivity contribution in [3.8, 4) is 0 Å². The van der Waals surface area contributed by atoms with Crippen molar-refractivity contribution in [1.29, 1.82) is 0 Å². The minimum Gasteiger partial charge on any atom is -0.268 e. The third kappa shape index (κ3) is 4.02. The Kier molecular flexibility index (Phi) is 6.15. The van der Waals surface area contributed by atoms with Crippen molar-refractivity contribution in [2.45, 2.75) is 33.2 Å². The SMILES string of the molecule is CCn1nc(C)c(Br)c1CC(CCl)Cc1ccccc1Cl. The van der Waals surface area contributed by atoms with E-state index in [4.69, 9.17) is 23.2 Å². The fourth-order valence-electron chi connectivity index (χ4n) is 2.49. The van der Waals surface area contributed by atoms with Crippen LogP contribution in [-0.2, 0) is 19.4 Å². The number of halogens is 3. The van der Waals surface area contributed by atoms with Gasteiger partial charge in [-0.3, -0.25) is 4.68 Å². The van der Waals surface area contributed by atoms with E-state index >= 15 is 0 Å². The zero-order valence-corrected chi connectivity index (χ0v) is 15.3. The molecule has 1 aromatic heterocycles. The monoisotopic (exact) mass is 388 g/mol. The molecule has 2 rings (SSSR count). The summed E-state index contributed by atoms with van der Waals surface area (Å²) in [6.07, 6.45) is 1.77. The van der Waals surface area contributed by atoms with E-state index in [-0.39, 0.29) is 0 Å². The van der Waals surface area contributed by atoms with Crippen molar-refractivity contribution in [1.82, 2.24) is 9.78 Å². The van der Waals surface area contributed by atoms with Crippen molar-refractivity contribution < 1.29 is 0 Å². The smallest absolute Gasteiger partial charge is 0.0738 e. The topological polar surface area (TPSA) is 17.8 Å². The maximum Gasteiger partial charge on any atom is 0.0738 e. The van der Waals surface area contributed by atoms with E-state index in [1.807, 2.05) is 29.8 Å². The number of hydrogen-bond donors (Lipinski definition) is 0. The zero-order valence-electron chi connectivity index (χ0n) is 12.2. The molecule has 0 amide bonds. The Labute approximate surface area is 144 Å². The number of benzene rings is 1. The Morgan fingerprint density at radius 2 is 2.00 bits per heavy atom. The predicted octanol–water partition coefficient (Wildman–Crippen LogP) is 5.27. The van der Waals surface area contributed by atoms with Crippen LogP contribution in [0.1, 0.15) is 23.9 Å². The lowest BCUT2D eigenvalue weighted by Crippen LogP contribution is -2.14. The van der Waals surface area contributed by atoms with Crippen LogP contribution < -0.4 is 0 Å². The Balaban J connectivity index is 2.18. The highest BCUT2D eigenvalue weighted by Gasteiger charge is 2.18. The van der Waals surface area contributed by atoms with Crippen molar-refractivity contribution in [3.05, 3.63) is 50.7 Å². The van der Waals surface area contributed by atoms with Gasteiger partial charge in [-0.25, -0.2) is 0 Å². The molecule has 21 heavy (non-hydrogen) atoms. The van der Waals surface area contributed by atoms with E-state index < -0.39 is 0 Å². The van der Waals surface area contributed by atoms with E-state index in [0.717, 1.165) is 40.1 Å². The highest BCUT2D eigenvalue weighted by Crippen LogP contribution is 2.27. The molecular weight excluding hydrogens is 371 g/mol. The average molecular weight is 390 g/mol. The van der Waals surface area contributed by atoms with Gasteiger partial charge in [-0.05, 0) is 60.2 Å². The molecule has 2 aromatic rings. The second-order valence-electron chi connectivity index (χ2n) is 5.18. The van der Waals surface area contributed by atoms with E-state index in [9.17, 15) is 0 Å². The fourth-order valence-corrected chi connectivity index (χ4v) is 3.37. The van der Waals surface area contributed by atoms with Crippen LogP contribution in [0, 0.1) is 12.8 Å². The van der Waals surface area contributed by atoms with E-state index in [1.165, 1.54) is 5.69 Å². The normalized spacial score (nSPS) is 12.6. The lowest BCUT2D eigenvalue weighted by molar-refractivity contribution is 0.530. The Bertz CT molecular complexity index is 610. The summed E-state index contributed by atoms with van der Waals surface area (Å²) in [7, 11) is 0. The summed E-state index contributed by atoms with van der Waals surface area (Å²) in [5, 5.41) is 5.35. The summed E-state index contributed by atoms with van der Waals surface area (Å²) in [4.78, 5) is 0. The first-order valence-electron chi connectivity index (χ1n) is 7.07. The number of alkyl halides is 1. The van der Waals surface area contributed by atoms with Gasteiger partial charge in [0.2, 0.25) is 0 Å². The molecule has 0 saturated heterocycles. The van der Waals surface area contributed by atoms with Crippen molar-refractivity contribution in [2.24, 2.45) is 5.92 Å². The molecule has 2 nitrogen and oxygen atoms in total. The lowest BCUT2D eigenvalue weighted by atomic mass is 9.96. The van der Waals surface area contributed by atoms with Crippen LogP contribution in [0.15, 0.2) is 28.7 Å². The van der Waals surface area contributed by atoms with Crippen LogP contribution >= 0.6 is 39.1 Å². The summed E-state index contributed by atoms with van der Waals surface area (Å²) in [6.45, 7) is 4.98. The molecule has 0 spiro atoms. The predicted molar refractivity (Wildman–Crippen MR) is 93.4 cm³/mol. The summed E-state index contributed by atoms with van der Waals surface area (Å²) < 4.78 is 3.14. The second kappa shape index (κ2) is 7.66. The van der Waals surface area contributed by atoms with Crippen LogP contribution in [0.2, 0.25) is 5.02 Å². The lowest BCUT2D eigenvalue weighted by Gasteiger charge is -2.16. The molecule has 114 valence electrons. The Morgan fingerprint density at radius 3 is 2.62 bits per heavy atom. The Morgan fingerprint density at radius 1 is 1.29 bits per heavy atom. The van der Waals surface area contributed by atoms with Crippen molar-refractivity contribution in [3.63, 3.8) is 0 Å². The van der Waals surface area contributed by atoms with Crippen LogP contribution in [0.3, 0.4) is 0 Å². The van der Waals surface area contributed by atoms with Crippen LogP contribution in [0.5, 0.6) is 0 Å². The Hall–Kier alpha value is -0.510. The van der Waals surface area contributed by atoms with Gasteiger partial charge >= 0.3 is 0 Å².